The Balaban J connectivity index is 1.83. The van der Waals surface area contributed by atoms with E-state index in [0.29, 0.717) is 16.4 Å². The predicted molar refractivity (Wildman–Crippen MR) is 95.5 cm³/mol. The maximum Gasteiger partial charge on any atom is 0.333 e. The first kappa shape index (κ1) is 14.5. The summed E-state index contributed by atoms with van der Waals surface area (Å²) in [6.07, 6.45) is 3.41. The number of halogens is 1. The summed E-state index contributed by atoms with van der Waals surface area (Å²) >= 11 is 5.96. The molecule has 1 aromatic heterocycles. The summed E-state index contributed by atoms with van der Waals surface area (Å²) in [6.45, 7) is 0. The molecule has 0 saturated carbocycles. The average Bonchev–Trinajstić information content (AvgIpc) is 3.09. The Kier molecular flexibility index (Phi) is 3.36. The molecule has 0 unspecified atom stereocenters. The normalized spacial score (nSPS) is 14.3. The van der Waals surface area contributed by atoms with Crippen molar-refractivity contribution in [1.82, 2.24) is 9.55 Å². The largest absolute Gasteiger partial charge is 0.493 e. The smallest absolute Gasteiger partial charge is 0.333 e. The molecule has 0 amide bonds. The monoisotopic (exact) mass is 337 g/mol. The first-order chi connectivity index (χ1) is 11.6. The minimum absolute atomic E-state index is 0.174. The number of nitrogens with one attached hydrogen (secondary N) is 1. The molecular formula is C18H12ClN3O2. The van der Waals surface area contributed by atoms with Gasteiger partial charge in [0.05, 0.1) is 11.4 Å². The highest BCUT2D eigenvalue weighted by Crippen LogP contribution is 2.33. The zero-order valence-corrected chi connectivity index (χ0v) is 13.2. The molecule has 2 heterocycles. The standard InChI is InChI=1S/C18H12ClN3O2/c19-12-4-3-5-13(9-12)22-17(23)16(21-18(22)24)8-11-10-20-15-7-2-1-6-14(11)15/h1-10,23H,(H,21,24)/b11-8-. The van der Waals surface area contributed by atoms with Gasteiger partial charge in [0.15, 0.2) is 0 Å². The summed E-state index contributed by atoms with van der Waals surface area (Å²) in [5.74, 6) is -0.174. The third-order valence-corrected chi connectivity index (χ3v) is 4.06. The van der Waals surface area contributed by atoms with Crippen LogP contribution in [0.4, 0.5) is 5.69 Å². The molecule has 4 rings (SSSR count). The van der Waals surface area contributed by atoms with Crippen LogP contribution in [0.25, 0.3) is 17.3 Å². The molecular weight excluding hydrogens is 326 g/mol. The Morgan fingerprint density at radius 2 is 2.00 bits per heavy atom. The highest BCUT2D eigenvalue weighted by molar-refractivity contribution is 6.30. The lowest BCUT2D eigenvalue weighted by molar-refractivity contribution is 0.440. The fraction of sp³-hybridized carbons (Fsp3) is 0. The molecule has 3 aromatic rings. The van der Waals surface area contributed by atoms with Gasteiger partial charge in [0.1, 0.15) is 5.69 Å². The van der Waals surface area contributed by atoms with E-state index in [9.17, 15) is 9.90 Å². The number of aromatic nitrogens is 2. The number of rotatable bonds is 2. The molecule has 1 aliphatic heterocycles. The summed E-state index contributed by atoms with van der Waals surface area (Å²) in [4.78, 5) is 19.2. The van der Waals surface area contributed by atoms with Crippen LogP contribution >= 0.6 is 11.6 Å². The van der Waals surface area contributed by atoms with Crippen molar-refractivity contribution < 1.29 is 5.11 Å². The summed E-state index contributed by atoms with van der Waals surface area (Å²) in [5.41, 5.74) is 3.00. The number of hydrogen-bond donors (Lipinski definition) is 2. The predicted octanol–water partition coefficient (Wildman–Crippen LogP) is 3.78. The van der Waals surface area contributed by atoms with Gasteiger partial charge in [-0.25, -0.2) is 9.36 Å². The number of aliphatic imine (C=N–C) groups is 1. The summed E-state index contributed by atoms with van der Waals surface area (Å²) < 4.78 is 1.18. The molecule has 2 aromatic carbocycles. The van der Waals surface area contributed by atoms with Gasteiger partial charge in [-0.1, -0.05) is 35.9 Å². The van der Waals surface area contributed by atoms with Crippen LogP contribution in [0.2, 0.25) is 5.02 Å². The van der Waals surface area contributed by atoms with Gasteiger partial charge in [-0.15, -0.1) is 0 Å². The molecule has 5 nitrogen and oxygen atoms in total. The van der Waals surface area contributed by atoms with Gasteiger partial charge in [-0.3, -0.25) is 4.99 Å². The van der Waals surface area contributed by atoms with E-state index < -0.39 is 5.69 Å². The van der Waals surface area contributed by atoms with Gasteiger partial charge in [0, 0.05) is 22.4 Å². The van der Waals surface area contributed by atoms with Crippen molar-refractivity contribution in [1.29, 1.82) is 0 Å². The van der Waals surface area contributed by atoms with Crippen LogP contribution in [-0.4, -0.2) is 20.9 Å². The fourth-order valence-electron chi connectivity index (χ4n) is 2.71. The SMILES string of the molecule is O=c1[nH]c(/C=C2/C=Nc3ccccc32)c(O)n1-c1cccc(Cl)c1. The molecule has 0 atom stereocenters. The van der Waals surface area contributed by atoms with Gasteiger partial charge in [-0.05, 0) is 30.3 Å². The van der Waals surface area contributed by atoms with Crippen molar-refractivity contribution in [2.75, 3.05) is 0 Å². The summed E-state index contributed by atoms with van der Waals surface area (Å²) in [6, 6.07) is 14.4. The number of fused-ring (bicyclic) bond motifs is 1. The number of hydrogen-bond acceptors (Lipinski definition) is 3. The first-order valence-corrected chi connectivity index (χ1v) is 7.66. The highest BCUT2D eigenvalue weighted by atomic mass is 35.5. The number of allylic oxidation sites excluding steroid dienone is 1. The van der Waals surface area contributed by atoms with Crippen molar-refractivity contribution in [3.05, 3.63) is 75.3 Å². The topological polar surface area (TPSA) is 70.4 Å². The number of imidazole rings is 1. The Hall–Kier alpha value is -3.05. The van der Waals surface area contributed by atoms with Gasteiger partial charge in [0.2, 0.25) is 5.88 Å². The molecule has 24 heavy (non-hydrogen) atoms. The maximum absolute atomic E-state index is 12.2. The minimum atomic E-state index is -0.440. The lowest BCUT2D eigenvalue weighted by Crippen LogP contribution is -2.14. The fourth-order valence-corrected chi connectivity index (χ4v) is 2.89. The van der Waals surface area contributed by atoms with E-state index in [1.165, 1.54) is 4.57 Å². The van der Waals surface area contributed by atoms with Gasteiger partial charge in [0.25, 0.3) is 0 Å². The molecule has 0 spiro atoms. The number of benzene rings is 2. The van der Waals surface area contributed by atoms with Gasteiger partial charge >= 0.3 is 5.69 Å². The summed E-state index contributed by atoms with van der Waals surface area (Å²) in [5, 5.41) is 10.9. The Morgan fingerprint density at radius 3 is 2.83 bits per heavy atom. The third-order valence-electron chi connectivity index (χ3n) is 3.82. The summed E-state index contributed by atoms with van der Waals surface area (Å²) in [7, 11) is 0. The van der Waals surface area contributed by atoms with Crippen LogP contribution in [0.1, 0.15) is 11.3 Å². The van der Waals surface area contributed by atoms with Gasteiger partial charge in [-0.2, -0.15) is 0 Å². The van der Waals surface area contributed by atoms with Crippen molar-refractivity contribution in [3.63, 3.8) is 0 Å². The minimum Gasteiger partial charge on any atom is -0.493 e. The van der Waals surface area contributed by atoms with Crippen LogP contribution in [0.3, 0.4) is 0 Å². The quantitative estimate of drug-likeness (QED) is 0.747. The molecule has 0 aliphatic carbocycles. The highest BCUT2D eigenvalue weighted by Gasteiger charge is 2.16. The molecule has 0 radical (unpaired) electrons. The Morgan fingerprint density at radius 1 is 1.17 bits per heavy atom. The molecule has 1 aliphatic rings. The van der Waals surface area contributed by atoms with Crippen molar-refractivity contribution in [2.45, 2.75) is 0 Å². The molecule has 2 N–H and O–H groups in total. The van der Waals surface area contributed by atoms with Crippen LogP contribution in [-0.2, 0) is 0 Å². The van der Waals surface area contributed by atoms with E-state index >= 15 is 0 Å². The van der Waals surface area contributed by atoms with E-state index in [4.69, 9.17) is 11.6 Å². The van der Waals surface area contributed by atoms with Crippen molar-refractivity contribution in [2.24, 2.45) is 4.99 Å². The molecule has 0 bridgehead atoms. The van der Waals surface area contributed by atoms with Gasteiger partial charge < -0.3 is 10.1 Å². The second-order valence-electron chi connectivity index (χ2n) is 5.36. The van der Waals surface area contributed by atoms with E-state index in [0.717, 1.165) is 16.8 Å². The second kappa shape index (κ2) is 5.54. The van der Waals surface area contributed by atoms with E-state index in [2.05, 4.69) is 9.98 Å². The number of H-pyrrole nitrogens is 1. The van der Waals surface area contributed by atoms with Crippen LogP contribution in [0.5, 0.6) is 5.88 Å². The Bertz CT molecular complexity index is 1060. The van der Waals surface area contributed by atoms with Crippen LogP contribution in [0.15, 0.2) is 58.3 Å². The zero-order chi connectivity index (χ0) is 16.7. The Labute approximate surface area is 142 Å². The van der Waals surface area contributed by atoms with E-state index in [-0.39, 0.29) is 5.88 Å². The lowest BCUT2D eigenvalue weighted by Gasteiger charge is -2.03. The average molecular weight is 338 g/mol. The second-order valence-corrected chi connectivity index (χ2v) is 5.79. The first-order valence-electron chi connectivity index (χ1n) is 7.28. The molecule has 0 fully saturated rings. The van der Waals surface area contributed by atoms with E-state index in [1.54, 1.807) is 36.6 Å². The lowest BCUT2D eigenvalue weighted by atomic mass is 10.1. The molecule has 118 valence electrons. The molecule has 6 heteroatoms. The number of aromatic amines is 1. The van der Waals surface area contributed by atoms with Crippen molar-refractivity contribution in [3.8, 4) is 11.6 Å². The third kappa shape index (κ3) is 2.35. The zero-order valence-electron chi connectivity index (χ0n) is 12.4. The van der Waals surface area contributed by atoms with Crippen molar-refractivity contribution >= 4 is 35.2 Å². The number of nitrogens with zero attached hydrogens (tertiary/aromatic N) is 2. The number of aromatic hydroxyl groups is 1. The van der Waals surface area contributed by atoms with Crippen LogP contribution in [0, 0.1) is 0 Å². The van der Waals surface area contributed by atoms with Crippen LogP contribution < -0.4 is 5.69 Å². The van der Waals surface area contributed by atoms with E-state index in [1.807, 2.05) is 24.3 Å². The maximum atomic E-state index is 12.2. The number of para-hydroxylation sites is 1. The molecule has 0 saturated heterocycles.